The highest BCUT2D eigenvalue weighted by Crippen LogP contribution is 2.26. The molecule has 7 heteroatoms. The molecule has 1 fully saturated rings. The standard InChI is InChI=1S/C17H23N5O2/c1-12(20-16(23)11-13-5-3-2-4-6-13)17(24)21-15-7-9-18-14-8-10-19-22(14)15/h7-10,12-13H,2-6,11H2,1H3,(H,20,23)(H,21,24). The van der Waals surface area contributed by atoms with Crippen LogP contribution in [0, 0.1) is 5.92 Å². The molecule has 1 aliphatic carbocycles. The van der Waals surface area contributed by atoms with Crippen LogP contribution in [0.5, 0.6) is 0 Å². The molecule has 0 aromatic carbocycles. The van der Waals surface area contributed by atoms with Crippen molar-refractivity contribution in [2.24, 2.45) is 5.92 Å². The summed E-state index contributed by atoms with van der Waals surface area (Å²) in [7, 11) is 0. The highest BCUT2D eigenvalue weighted by atomic mass is 16.2. The average Bonchev–Trinajstić information content (AvgIpc) is 3.05. The maximum absolute atomic E-state index is 12.3. The van der Waals surface area contributed by atoms with Crippen LogP contribution in [0.25, 0.3) is 5.65 Å². The van der Waals surface area contributed by atoms with Crippen LogP contribution in [0.3, 0.4) is 0 Å². The lowest BCUT2D eigenvalue weighted by Crippen LogP contribution is -2.42. The molecular formula is C17H23N5O2. The fourth-order valence-electron chi connectivity index (χ4n) is 3.18. The first kappa shape index (κ1) is 16.4. The number of rotatable bonds is 5. The third kappa shape index (κ3) is 3.90. The summed E-state index contributed by atoms with van der Waals surface area (Å²) in [6.45, 7) is 1.69. The Morgan fingerprint density at radius 3 is 2.83 bits per heavy atom. The third-order valence-electron chi connectivity index (χ3n) is 4.51. The number of fused-ring (bicyclic) bond motifs is 1. The Labute approximate surface area is 140 Å². The van der Waals surface area contributed by atoms with Crippen molar-refractivity contribution in [2.45, 2.75) is 51.5 Å². The lowest BCUT2D eigenvalue weighted by Gasteiger charge is -2.22. The van der Waals surface area contributed by atoms with E-state index in [1.165, 1.54) is 19.3 Å². The van der Waals surface area contributed by atoms with E-state index in [0.29, 0.717) is 23.8 Å². The quantitative estimate of drug-likeness (QED) is 0.879. The van der Waals surface area contributed by atoms with Crippen LogP contribution < -0.4 is 10.6 Å². The SMILES string of the molecule is CC(NC(=O)CC1CCCCC1)C(=O)Nc1ccnc2ccnn12. The Morgan fingerprint density at radius 1 is 1.25 bits per heavy atom. The van der Waals surface area contributed by atoms with Gasteiger partial charge in [0.05, 0.1) is 6.20 Å². The van der Waals surface area contributed by atoms with Crippen molar-refractivity contribution < 1.29 is 9.59 Å². The molecule has 0 bridgehead atoms. The van der Waals surface area contributed by atoms with E-state index in [1.54, 1.807) is 36.0 Å². The maximum atomic E-state index is 12.3. The average molecular weight is 329 g/mol. The molecule has 128 valence electrons. The minimum absolute atomic E-state index is 0.0523. The zero-order chi connectivity index (χ0) is 16.9. The molecule has 0 saturated heterocycles. The second-order valence-electron chi connectivity index (χ2n) is 6.42. The molecule has 2 N–H and O–H groups in total. The van der Waals surface area contributed by atoms with Crippen LogP contribution in [-0.2, 0) is 9.59 Å². The van der Waals surface area contributed by atoms with Crippen molar-refractivity contribution in [3.8, 4) is 0 Å². The van der Waals surface area contributed by atoms with E-state index in [0.717, 1.165) is 12.8 Å². The van der Waals surface area contributed by atoms with Gasteiger partial charge in [0.2, 0.25) is 11.8 Å². The number of amides is 2. The summed E-state index contributed by atoms with van der Waals surface area (Å²) in [5.74, 6) is 0.666. The van der Waals surface area contributed by atoms with Crippen molar-refractivity contribution in [2.75, 3.05) is 5.32 Å². The zero-order valence-corrected chi connectivity index (χ0v) is 13.9. The second kappa shape index (κ2) is 7.42. The summed E-state index contributed by atoms with van der Waals surface area (Å²) in [6.07, 6.45) is 9.64. The predicted molar refractivity (Wildman–Crippen MR) is 90.4 cm³/mol. The highest BCUT2D eigenvalue weighted by molar-refractivity contribution is 5.96. The minimum Gasteiger partial charge on any atom is -0.345 e. The fraction of sp³-hybridized carbons (Fsp3) is 0.529. The van der Waals surface area contributed by atoms with Gasteiger partial charge >= 0.3 is 0 Å². The zero-order valence-electron chi connectivity index (χ0n) is 13.9. The predicted octanol–water partition coefficient (Wildman–Crippen LogP) is 2.14. The van der Waals surface area contributed by atoms with Crippen LogP contribution in [0.4, 0.5) is 5.82 Å². The molecule has 2 aromatic rings. The molecule has 7 nitrogen and oxygen atoms in total. The first-order valence-corrected chi connectivity index (χ1v) is 8.52. The van der Waals surface area contributed by atoms with Crippen molar-refractivity contribution in [1.29, 1.82) is 0 Å². The molecule has 3 rings (SSSR count). The molecule has 1 atom stereocenters. The summed E-state index contributed by atoms with van der Waals surface area (Å²) in [4.78, 5) is 28.6. The normalized spacial score (nSPS) is 16.7. The van der Waals surface area contributed by atoms with Crippen LogP contribution in [0.1, 0.15) is 45.4 Å². The number of hydrogen-bond donors (Lipinski definition) is 2. The van der Waals surface area contributed by atoms with Gasteiger partial charge in [-0.1, -0.05) is 19.3 Å². The van der Waals surface area contributed by atoms with E-state index >= 15 is 0 Å². The van der Waals surface area contributed by atoms with Gasteiger partial charge in [-0.2, -0.15) is 9.61 Å². The van der Waals surface area contributed by atoms with Gasteiger partial charge in [-0.15, -0.1) is 0 Å². The molecule has 1 unspecified atom stereocenters. The Kier molecular flexibility index (Phi) is 5.08. The van der Waals surface area contributed by atoms with Crippen LogP contribution in [-0.4, -0.2) is 32.5 Å². The topological polar surface area (TPSA) is 88.4 Å². The first-order chi connectivity index (χ1) is 11.6. The van der Waals surface area contributed by atoms with E-state index in [1.807, 2.05) is 0 Å². The van der Waals surface area contributed by atoms with Crippen molar-refractivity contribution in [1.82, 2.24) is 19.9 Å². The van der Waals surface area contributed by atoms with E-state index < -0.39 is 6.04 Å². The Morgan fingerprint density at radius 2 is 2.04 bits per heavy atom. The summed E-state index contributed by atoms with van der Waals surface area (Å²) in [6, 6.07) is 2.83. The molecule has 0 aliphatic heterocycles. The first-order valence-electron chi connectivity index (χ1n) is 8.52. The molecule has 24 heavy (non-hydrogen) atoms. The van der Waals surface area contributed by atoms with Crippen molar-refractivity contribution in [3.05, 3.63) is 24.5 Å². The molecule has 2 aromatic heterocycles. The van der Waals surface area contributed by atoms with Crippen LogP contribution in [0.2, 0.25) is 0 Å². The largest absolute Gasteiger partial charge is 0.345 e. The van der Waals surface area contributed by atoms with Gasteiger partial charge in [0.15, 0.2) is 5.65 Å². The molecule has 2 amide bonds. The van der Waals surface area contributed by atoms with E-state index in [9.17, 15) is 9.59 Å². The summed E-state index contributed by atoms with van der Waals surface area (Å²) in [5, 5.41) is 9.70. The van der Waals surface area contributed by atoms with Gasteiger partial charge in [0.1, 0.15) is 11.9 Å². The van der Waals surface area contributed by atoms with Gasteiger partial charge in [-0.05, 0) is 31.7 Å². The molecule has 0 radical (unpaired) electrons. The van der Waals surface area contributed by atoms with E-state index in [-0.39, 0.29) is 11.8 Å². The fourth-order valence-corrected chi connectivity index (χ4v) is 3.18. The number of nitrogens with one attached hydrogen (secondary N) is 2. The monoisotopic (exact) mass is 329 g/mol. The molecule has 1 aliphatic rings. The number of aromatic nitrogens is 3. The lowest BCUT2D eigenvalue weighted by atomic mass is 9.87. The molecule has 1 saturated carbocycles. The minimum atomic E-state index is -0.597. The number of nitrogens with zero attached hydrogens (tertiary/aromatic N) is 3. The van der Waals surface area contributed by atoms with Gasteiger partial charge < -0.3 is 10.6 Å². The van der Waals surface area contributed by atoms with E-state index in [2.05, 4.69) is 20.7 Å². The number of carbonyl (C=O) groups is 2. The number of anilines is 1. The second-order valence-corrected chi connectivity index (χ2v) is 6.42. The third-order valence-corrected chi connectivity index (χ3v) is 4.51. The van der Waals surface area contributed by atoms with Crippen LogP contribution in [0.15, 0.2) is 24.5 Å². The lowest BCUT2D eigenvalue weighted by molar-refractivity contribution is -0.127. The van der Waals surface area contributed by atoms with Gasteiger partial charge in [-0.25, -0.2) is 4.98 Å². The van der Waals surface area contributed by atoms with Crippen molar-refractivity contribution >= 4 is 23.3 Å². The van der Waals surface area contributed by atoms with E-state index in [4.69, 9.17) is 0 Å². The Hall–Kier alpha value is -2.44. The highest BCUT2D eigenvalue weighted by Gasteiger charge is 2.21. The summed E-state index contributed by atoms with van der Waals surface area (Å²) < 4.78 is 1.55. The smallest absolute Gasteiger partial charge is 0.247 e. The Balaban J connectivity index is 1.54. The Bertz CT molecular complexity index is 721. The van der Waals surface area contributed by atoms with Gasteiger partial charge in [0.25, 0.3) is 0 Å². The number of carbonyl (C=O) groups excluding carboxylic acids is 2. The van der Waals surface area contributed by atoms with Crippen molar-refractivity contribution in [3.63, 3.8) is 0 Å². The molecule has 2 heterocycles. The molecule has 0 spiro atoms. The summed E-state index contributed by atoms with van der Waals surface area (Å²) >= 11 is 0. The maximum Gasteiger partial charge on any atom is 0.247 e. The van der Waals surface area contributed by atoms with Crippen LogP contribution >= 0.6 is 0 Å². The number of hydrogen-bond acceptors (Lipinski definition) is 4. The van der Waals surface area contributed by atoms with Gasteiger partial charge in [0, 0.05) is 18.7 Å². The molecular weight excluding hydrogens is 306 g/mol. The van der Waals surface area contributed by atoms with Gasteiger partial charge in [-0.3, -0.25) is 9.59 Å². The summed E-state index contributed by atoms with van der Waals surface area (Å²) in [5.41, 5.74) is 0.654.